The number of nitrogens with zero attached hydrogens (tertiary/aromatic N) is 2. The van der Waals surface area contributed by atoms with E-state index >= 15 is 0 Å². The van der Waals surface area contributed by atoms with Gasteiger partial charge < -0.3 is 10.6 Å². The van der Waals surface area contributed by atoms with Gasteiger partial charge in [-0.05, 0) is 56.8 Å². The van der Waals surface area contributed by atoms with Gasteiger partial charge in [0, 0.05) is 11.6 Å². The molecule has 1 heterocycles. The summed E-state index contributed by atoms with van der Waals surface area (Å²) in [6.07, 6.45) is 3.65. The summed E-state index contributed by atoms with van der Waals surface area (Å²) < 4.78 is 0.835. The zero-order valence-electron chi connectivity index (χ0n) is 16.1. The van der Waals surface area contributed by atoms with Crippen molar-refractivity contribution in [2.45, 2.75) is 76.7 Å². The van der Waals surface area contributed by atoms with Crippen LogP contribution in [0.25, 0.3) is 0 Å². The van der Waals surface area contributed by atoms with E-state index in [0.29, 0.717) is 17.2 Å². The third-order valence-corrected chi connectivity index (χ3v) is 8.32. The number of rotatable bonds is 5. The van der Waals surface area contributed by atoms with Crippen molar-refractivity contribution < 1.29 is 4.79 Å². The van der Waals surface area contributed by atoms with Gasteiger partial charge >= 0.3 is 0 Å². The van der Waals surface area contributed by atoms with Gasteiger partial charge in [-0.15, -0.1) is 10.2 Å². The maximum absolute atomic E-state index is 12.4. The molecule has 5 nitrogen and oxygen atoms in total. The highest BCUT2D eigenvalue weighted by Gasteiger charge is 2.61. The van der Waals surface area contributed by atoms with Crippen molar-refractivity contribution in [1.82, 2.24) is 15.5 Å². The minimum Gasteiger partial charge on any atom is -0.355 e. The molecule has 1 aromatic rings. The Morgan fingerprint density at radius 3 is 2.60 bits per heavy atom. The number of thioether (sulfide) groups is 1. The third-order valence-electron chi connectivity index (χ3n) is 6.34. The lowest BCUT2D eigenvalue weighted by Gasteiger charge is -2.39. The largest absolute Gasteiger partial charge is 0.355 e. The predicted molar refractivity (Wildman–Crippen MR) is 105 cm³/mol. The van der Waals surface area contributed by atoms with E-state index in [1.165, 1.54) is 35.9 Å². The minimum atomic E-state index is -0.0388. The number of nitrogens with one attached hydrogen (secondary N) is 2. The number of anilines is 1. The summed E-state index contributed by atoms with van der Waals surface area (Å²) >= 11 is 2.98. The van der Waals surface area contributed by atoms with Gasteiger partial charge in [-0.2, -0.15) is 0 Å². The van der Waals surface area contributed by atoms with Crippen LogP contribution in [0.15, 0.2) is 4.34 Å². The fraction of sp³-hybridized carbons (Fsp3) is 0.833. The second-order valence-corrected chi connectivity index (χ2v) is 11.5. The van der Waals surface area contributed by atoms with Crippen LogP contribution in [-0.4, -0.2) is 33.4 Å². The number of fused-ring (bicyclic) bond motifs is 2. The highest BCUT2D eigenvalue weighted by Crippen LogP contribution is 2.65. The molecule has 7 heteroatoms. The van der Waals surface area contributed by atoms with Gasteiger partial charge in [0.1, 0.15) is 0 Å². The molecule has 2 aliphatic carbocycles. The molecule has 3 atom stereocenters. The van der Waals surface area contributed by atoms with Crippen LogP contribution in [0.3, 0.4) is 0 Å². The van der Waals surface area contributed by atoms with E-state index in [0.717, 1.165) is 21.8 Å². The van der Waals surface area contributed by atoms with Crippen LogP contribution in [0.1, 0.15) is 60.8 Å². The first kappa shape index (κ1) is 19.0. The molecule has 2 saturated carbocycles. The van der Waals surface area contributed by atoms with E-state index in [9.17, 15) is 4.79 Å². The Labute approximate surface area is 159 Å². The van der Waals surface area contributed by atoms with Gasteiger partial charge in [-0.1, -0.05) is 43.9 Å². The first-order chi connectivity index (χ1) is 11.5. The molecule has 0 radical (unpaired) electrons. The maximum Gasteiger partial charge on any atom is 0.230 e. The average Bonchev–Trinajstić information content (AvgIpc) is 3.05. The van der Waals surface area contributed by atoms with Gasteiger partial charge in [0.15, 0.2) is 4.34 Å². The second kappa shape index (κ2) is 6.41. The summed E-state index contributed by atoms with van der Waals surface area (Å²) in [7, 11) is 0. The van der Waals surface area contributed by atoms with Crippen molar-refractivity contribution in [2.24, 2.45) is 16.7 Å². The molecule has 1 amide bonds. The molecule has 1 aromatic heterocycles. The van der Waals surface area contributed by atoms with Gasteiger partial charge in [0.05, 0.1) is 5.75 Å². The number of carbonyl (C=O) groups excluding carboxylic acids is 1. The Kier molecular flexibility index (Phi) is 4.86. The lowest BCUT2D eigenvalue weighted by molar-refractivity contribution is -0.120. The Morgan fingerprint density at radius 2 is 2.04 bits per heavy atom. The molecule has 0 spiro atoms. The van der Waals surface area contributed by atoms with Gasteiger partial charge in [0.25, 0.3) is 0 Å². The topological polar surface area (TPSA) is 66.9 Å². The summed E-state index contributed by atoms with van der Waals surface area (Å²) in [4.78, 5) is 12.4. The molecule has 3 unspecified atom stereocenters. The monoisotopic (exact) mass is 382 g/mol. The quantitative estimate of drug-likeness (QED) is 0.748. The second-order valence-electron chi connectivity index (χ2n) is 9.27. The number of aromatic nitrogens is 2. The molecule has 2 N–H and O–H groups in total. The molecule has 0 aromatic carbocycles. The van der Waals surface area contributed by atoms with Crippen molar-refractivity contribution >= 4 is 34.1 Å². The van der Waals surface area contributed by atoms with Crippen molar-refractivity contribution in [3.05, 3.63) is 0 Å². The molecule has 3 rings (SSSR count). The summed E-state index contributed by atoms with van der Waals surface area (Å²) in [5.74, 6) is 1.26. The summed E-state index contributed by atoms with van der Waals surface area (Å²) in [6, 6.07) is 0.307. The van der Waals surface area contributed by atoms with Gasteiger partial charge in [-0.25, -0.2) is 0 Å². The van der Waals surface area contributed by atoms with Crippen LogP contribution < -0.4 is 10.6 Å². The maximum atomic E-state index is 12.4. The van der Waals surface area contributed by atoms with Crippen LogP contribution >= 0.6 is 23.1 Å². The molecule has 2 aliphatic rings. The Hall–Kier alpha value is -0.820. The molecule has 140 valence electrons. The molecule has 0 aliphatic heterocycles. The standard InChI is InChI=1S/C18H30N4OS2/c1-16(2,3)20-14-21-22-15(25-14)24-10-13(23)19-12-9-11-7-8-18(12,6)17(11,4)5/h11-12H,7-10H2,1-6H3,(H,19,23)(H,20,21). The van der Waals surface area contributed by atoms with Crippen LogP contribution in [-0.2, 0) is 4.79 Å². The number of amides is 1. The SMILES string of the molecule is CC(C)(C)Nc1nnc(SCC(=O)NC2CC3CCC2(C)C3(C)C)s1. The Morgan fingerprint density at radius 1 is 1.32 bits per heavy atom. The molecule has 2 bridgehead atoms. The van der Waals surface area contributed by atoms with E-state index in [1.54, 1.807) is 0 Å². The minimum absolute atomic E-state index is 0.0388. The smallest absolute Gasteiger partial charge is 0.230 e. The van der Waals surface area contributed by atoms with E-state index in [2.05, 4.69) is 62.4 Å². The molecular formula is C18H30N4OS2. The lowest BCUT2D eigenvalue weighted by atomic mass is 9.69. The van der Waals surface area contributed by atoms with Gasteiger partial charge in [-0.3, -0.25) is 4.79 Å². The third kappa shape index (κ3) is 3.68. The fourth-order valence-corrected chi connectivity index (χ4v) is 6.20. The zero-order chi connectivity index (χ0) is 18.5. The van der Waals surface area contributed by atoms with Crippen molar-refractivity contribution in [3.63, 3.8) is 0 Å². The molecule has 2 fully saturated rings. The highest BCUT2D eigenvalue weighted by atomic mass is 32.2. The first-order valence-corrected chi connectivity index (χ1v) is 10.9. The predicted octanol–water partition coefficient (Wildman–Crippen LogP) is 4.17. The van der Waals surface area contributed by atoms with Crippen molar-refractivity contribution in [3.8, 4) is 0 Å². The highest BCUT2D eigenvalue weighted by molar-refractivity contribution is 8.01. The molecule has 25 heavy (non-hydrogen) atoms. The summed E-state index contributed by atoms with van der Waals surface area (Å²) in [5, 5.41) is 15.7. The molecule has 0 saturated heterocycles. The van der Waals surface area contributed by atoms with Crippen molar-refractivity contribution in [1.29, 1.82) is 0 Å². The Bertz CT molecular complexity index is 652. The van der Waals surface area contributed by atoms with E-state index in [1.807, 2.05) is 0 Å². The van der Waals surface area contributed by atoms with Crippen molar-refractivity contribution in [2.75, 3.05) is 11.1 Å². The number of hydrogen-bond donors (Lipinski definition) is 2. The summed E-state index contributed by atoms with van der Waals surface area (Å²) in [6.45, 7) is 13.4. The van der Waals surface area contributed by atoms with Crippen LogP contribution in [0.2, 0.25) is 0 Å². The lowest BCUT2D eigenvalue weighted by Crippen LogP contribution is -2.47. The van der Waals surface area contributed by atoms with Gasteiger partial charge in [0.2, 0.25) is 11.0 Å². The first-order valence-electron chi connectivity index (χ1n) is 9.05. The number of hydrogen-bond acceptors (Lipinski definition) is 6. The van der Waals surface area contributed by atoms with Crippen LogP contribution in [0, 0.1) is 16.7 Å². The van der Waals surface area contributed by atoms with E-state index in [4.69, 9.17) is 0 Å². The average molecular weight is 383 g/mol. The zero-order valence-corrected chi connectivity index (χ0v) is 17.7. The van der Waals surface area contributed by atoms with E-state index in [-0.39, 0.29) is 16.9 Å². The summed E-state index contributed by atoms with van der Waals surface area (Å²) in [5.41, 5.74) is 0.512. The van der Waals surface area contributed by atoms with Crippen LogP contribution in [0.5, 0.6) is 0 Å². The Balaban J connectivity index is 1.51. The normalized spacial score (nSPS) is 30.5. The molecular weight excluding hydrogens is 352 g/mol. The van der Waals surface area contributed by atoms with Crippen LogP contribution in [0.4, 0.5) is 5.13 Å². The fourth-order valence-electron chi connectivity index (χ4n) is 4.42. The van der Waals surface area contributed by atoms with E-state index < -0.39 is 0 Å². The number of carbonyl (C=O) groups is 1.